The van der Waals surface area contributed by atoms with E-state index >= 15 is 0 Å². The molecule has 78 valence electrons. The van der Waals surface area contributed by atoms with E-state index in [1.807, 2.05) is 13.8 Å². The van der Waals surface area contributed by atoms with Gasteiger partial charge in [0.2, 0.25) is 0 Å². The second-order valence-electron chi connectivity index (χ2n) is 3.21. The van der Waals surface area contributed by atoms with Crippen molar-refractivity contribution in [2.24, 2.45) is 7.05 Å². The van der Waals surface area contributed by atoms with Crippen LogP contribution in [0, 0.1) is 0 Å². The molecule has 0 atom stereocenters. The normalized spacial score (nSPS) is 10.9. The largest absolute Gasteiger partial charge is 0.481 e. The Morgan fingerprint density at radius 2 is 2.29 bits per heavy atom. The fourth-order valence-corrected chi connectivity index (χ4v) is 1.52. The lowest BCUT2D eigenvalue weighted by atomic mass is 10.2. The topological polar surface area (TPSA) is 68.0 Å². The van der Waals surface area contributed by atoms with Crippen molar-refractivity contribution in [3.63, 3.8) is 0 Å². The number of rotatable bonds is 4. The van der Waals surface area contributed by atoms with Gasteiger partial charge in [0, 0.05) is 13.0 Å². The minimum atomic E-state index is -0.843. The highest BCUT2D eigenvalue weighted by atomic mass is 32.2. The molecule has 5 nitrogen and oxygen atoms in total. The smallest absolute Gasteiger partial charge is 0.313 e. The predicted molar refractivity (Wildman–Crippen MR) is 53.5 cm³/mol. The van der Waals surface area contributed by atoms with E-state index in [1.54, 1.807) is 11.7 Å². The van der Waals surface area contributed by atoms with E-state index in [1.165, 1.54) is 11.8 Å². The van der Waals surface area contributed by atoms with Crippen LogP contribution in [0.4, 0.5) is 0 Å². The first kappa shape index (κ1) is 11.0. The first-order valence-electron chi connectivity index (χ1n) is 4.26. The van der Waals surface area contributed by atoms with Crippen molar-refractivity contribution in [1.29, 1.82) is 0 Å². The summed E-state index contributed by atoms with van der Waals surface area (Å²) < 4.78 is 1.61. The molecule has 14 heavy (non-hydrogen) atoms. The summed E-state index contributed by atoms with van der Waals surface area (Å²) in [5, 5.41) is 13.3. The van der Waals surface area contributed by atoms with Gasteiger partial charge in [-0.05, 0) is 0 Å². The molecule has 0 aliphatic rings. The molecule has 0 unspecified atom stereocenters. The molecule has 0 spiro atoms. The summed E-state index contributed by atoms with van der Waals surface area (Å²) >= 11 is 1.18. The van der Waals surface area contributed by atoms with Crippen LogP contribution >= 0.6 is 11.8 Å². The Bertz CT molecular complexity index is 335. The molecule has 1 aromatic heterocycles. The Morgan fingerprint density at radius 3 is 2.71 bits per heavy atom. The molecule has 1 N–H and O–H groups in total. The van der Waals surface area contributed by atoms with Crippen molar-refractivity contribution >= 4 is 17.7 Å². The third kappa shape index (κ3) is 2.73. The van der Waals surface area contributed by atoms with Gasteiger partial charge in [-0.2, -0.15) is 5.10 Å². The third-order valence-corrected chi connectivity index (χ3v) is 2.59. The Labute approximate surface area is 86.5 Å². The Morgan fingerprint density at radius 1 is 1.64 bits per heavy atom. The summed E-state index contributed by atoms with van der Waals surface area (Å²) in [5.74, 6) is 0.189. The standard InChI is InChI=1S/C8H13N3O2S/c1-5(2)7-9-8(11(3)10-7)14-4-6(12)13/h5H,4H2,1-3H3,(H,12,13). The number of aromatic nitrogens is 3. The van der Waals surface area contributed by atoms with Gasteiger partial charge in [0.15, 0.2) is 11.0 Å². The van der Waals surface area contributed by atoms with Crippen molar-refractivity contribution in [1.82, 2.24) is 14.8 Å². The minimum Gasteiger partial charge on any atom is -0.481 e. The number of hydrogen-bond acceptors (Lipinski definition) is 4. The highest BCUT2D eigenvalue weighted by molar-refractivity contribution is 7.99. The predicted octanol–water partition coefficient (Wildman–Crippen LogP) is 1.12. The molecule has 0 aromatic carbocycles. The summed E-state index contributed by atoms with van der Waals surface area (Å²) in [7, 11) is 1.77. The van der Waals surface area contributed by atoms with Crippen LogP contribution in [0.15, 0.2) is 5.16 Å². The number of aryl methyl sites for hydroxylation is 1. The van der Waals surface area contributed by atoms with E-state index in [-0.39, 0.29) is 11.7 Å². The van der Waals surface area contributed by atoms with Crippen LogP contribution in [0.5, 0.6) is 0 Å². The van der Waals surface area contributed by atoms with E-state index < -0.39 is 5.97 Å². The summed E-state index contributed by atoms with van der Waals surface area (Å²) in [5.41, 5.74) is 0. The van der Waals surface area contributed by atoms with Gasteiger partial charge in [-0.3, -0.25) is 4.79 Å². The zero-order chi connectivity index (χ0) is 10.7. The van der Waals surface area contributed by atoms with Crippen LogP contribution in [0.2, 0.25) is 0 Å². The maximum absolute atomic E-state index is 10.3. The quantitative estimate of drug-likeness (QED) is 0.762. The average molecular weight is 215 g/mol. The van der Waals surface area contributed by atoms with Gasteiger partial charge in [0.05, 0.1) is 5.75 Å². The van der Waals surface area contributed by atoms with E-state index in [2.05, 4.69) is 10.1 Å². The van der Waals surface area contributed by atoms with Crippen molar-refractivity contribution in [3.8, 4) is 0 Å². The number of thioether (sulfide) groups is 1. The second-order valence-corrected chi connectivity index (χ2v) is 4.16. The van der Waals surface area contributed by atoms with Gasteiger partial charge in [-0.25, -0.2) is 9.67 Å². The fraction of sp³-hybridized carbons (Fsp3) is 0.625. The van der Waals surface area contributed by atoms with Gasteiger partial charge in [-0.1, -0.05) is 25.6 Å². The van der Waals surface area contributed by atoms with Crippen molar-refractivity contribution in [2.75, 3.05) is 5.75 Å². The molecule has 0 aliphatic carbocycles. The Balaban J connectivity index is 2.72. The zero-order valence-electron chi connectivity index (χ0n) is 8.39. The lowest BCUT2D eigenvalue weighted by molar-refractivity contribution is -0.133. The highest BCUT2D eigenvalue weighted by Crippen LogP contribution is 2.17. The van der Waals surface area contributed by atoms with Crippen LogP contribution in [0.3, 0.4) is 0 Å². The van der Waals surface area contributed by atoms with E-state index in [4.69, 9.17) is 5.11 Å². The molecule has 0 bridgehead atoms. The SMILES string of the molecule is CC(C)c1nc(SCC(=O)O)n(C)n1. The molecule has 0 saturated heterocycles. The van der Waals surface area contributed by atoms with Crippen molar-refractivity contribution < 1.29 is 9.90 Å². The van der Waals surface area contributed by atoms with E-state index in [0.29, 0.717) is 5.16 Å². The molecule has 0 saturated carbocycles. The second kappa shape index (κ2) is 4.45. The van der Waals surface area contributed by atoms with Crippen molar-refractivity contribution in [2.45, 2.75) is 24.9 Å². The maximum Gasteiger partial charge on any atom is 0.313 e. The molecule has 0 fully saturated rings. The van der Waals surface area contributed by atoms with Gasteiger partial charge in [-0.15, -0.1) is 0 Å². The number of carbonyl (C=O) groups is 1. The number of hydrogen-bond donors (Lipinski definition) is 1. The third-order valence-electron chi connectivity index (χ3n) is 1.58. The van der Waals surface area contributed by atoms with Crippen molar-refractivity contribution in [3.05, 3.63) is 5.82 Å². The average Bonchev–Trinajstić information content (AvgIpc) is 2.43. The van der Waals surface area contributed by atoms with Gasteiger partial charge < -0.3 is 5.11 Å². The number of carboxylic acids is 1. The molecular weight excluding hydrogens is 202 g/mol. The van der Waals surface area contributed by atoms with Crippen LogP contribution < -0.4 is 0 Å². The van der Waals surface area contributed by atoms with Crippen LogP contribution in [-0.2, 0) is 11.8 Å². The molecule has 1 aromatic rings. The zero-order valence-corrected chi connectivity index (χ0v) is 9.21. The summed E-state index contributed by atoms with van der Waals surface area (Å²) in [6, 6.07) is 0. The van der Waals surface area contributed by atoms with Crippen LogP contribution in [0.25, 0.3) is 0 Å². The number of carboxylic acid groups (broad SMARTS) is 1. The monoisotopic (exact) mass is 215 g/mol. The molecular formula is C8H13N3O2S. The first-order valence-corrected chi connectivity index (χ1v) is 5.24. The molecule has 0 radical (unpaired) electrons. The number of nitrogens with zero attached hydrogens (tertiary/aromatic N) is 3. The molecule has 0 amide bonds. The lowest BCUT2D eigenvalue weighted by Gasteiger charge is -1.94. The van der Waals surface area contributed by atoms with E-state index in [0.717, 1.165) is 5.82 Å². The van der Waals surface area contributed by atoms with Gasteiger partial charge >= 0.3 is 5.97 Å². The summed E-state index contributed by atoms with van der Waals surface area (Å²) in [6.07, 6.45) is 0. The minimum absolute atomic E-state index is 0.0179. The number of aliphatic carboxylic acids is 1. The molecule has 1 heterocycles. The maximum atomic E-state index is 10.3. The Kier molecular flexibility index (Phi) is 3.51. The first-order chi connectivity index (χ1) is 6.50. The molecule has 6 heteroatoms. The Hall–Kier alpha value is -1.04. The van der Waals surface area contributed by atoms with Crippen LogP contribution in [0.1, 0.15) is 25.6 Å². The van der Waals surface area contributed by atoms with Gasteiger partial charge in [0.25, 0.3) is 0 Å². The van der Waals surface area contributed by atoms with Gasteiger partial charge in [0.1, 0.15) is 0 Å². The summed E-state index contributed by atoms with van der Waals surface area (Å²) in [6.45, 7) is 4.00. The van der Waals surface area contributed by atoms with E-state index in [9.17, 15) is 4.79 Å². The summed E-state index contributed by atoms with van der Waals surface area (Å²) in [4.78, 5) is 14.6. The molecule has 1 rings (SSSR count). The highest BCUT2D eigenvalue weighted by Gasteiger charge is 2.11. The van der Waals surface area contributed by atoms with Crippen LogP contribution in [-0.4, -0.2) is 31.6 Å². The molecule has 0 aliphatic heterocycles. The fourth-order valence-electron chi connectivity index (χ4n) is 0.886. The lowest BCUT2D eigenvalue weighted by Crippen LogP contribution is -2.00.